The number of amides is 1. The van der Waals surface area contributed by atoms with Gasteiger partial charge in [0.15, 0.2) is 0 Å². The van der Waals surface area contributed by atoms with Crippen LogP contribution in [0.2, 0.25) is 0 Å². The van der Waals surface area contributed by atoms with Crippen LogP contribution < -0.4 is 5.32 Å². The second kappa shape index (κ2) is 8.01. The molecule has 2 aromatic carbocycles. The van der Waals surface area contributed by atoms with E-state index in [-0.39, 0.29) is 0 Å². The zero-order valence-corrected chi connectivity index (χ0v) is 13.7. The van der Waals surface area contributed by atoms with E-state index in [0.29, 0.717) is 25.5 Å². The molecule has 0 atom stereocenters. The fraction of sp³-hybridized carbons (Fsp3) is 0.158. The number of hydrogen-bond acceptors (Lipinski definition) is 3. The largest absolute Gasteiger partial charge is 0.465 e. The molecule has 0 radical (unpaired) electrons. The Morgan fingerprint density at radius 3 is 2.40 bits per heavy atom. The topological polar surface area (TPSA) is 70.4 Å². The van der Waals surface area contributed by atoms with Gasteiger partial charge in [0.1, 0.15) is 5.82 Å². The smallest absolute Gasteiger partial charge is 0.407 e. The fourth-order valence-corrected chi connectivity index (χ4v) is 2.51. The second-order valence-corrected chi connectivity index (χ2v) is 5.60. The number of anilines is 1. The highest BCUT2D eigenvalue weighted by molar-refractivity contribution is 5.65. The van der Waals surface area contributed by atoms with Crippen LogP contribution in [0.3, 0.4) is 0 Å². The Morgan fingerprint density at radius 1 is 1.04 bits per heavy atom. The highest BCUT2D eigenvalue weighted by Crippen LogP contribution is 2.10. The van der Waals surface area contributed by atoms with Crippen molar-refractivity contribution in [1.29, 1.82) is 0 Å². The van der Waals surface area contributed by atoms with Gasteiger partial charge in [-0.3, -0.25) is 0 Å². The molecule has 0 saturated carbocycles. The van der Waals surface area contributed by atoms with Gasteiger partial charge in [-0.25, -0.2) is 9.48 Å². The van der Waals surface area contributed by atoms with Crippen LogP contribution in [-0.4, -0.2) is 39.0 Å². The number of benzene rings is 2. The number of carbonyl (C=O) groups is 1. The standard InChI is InChI=1S/C19H20N4O2/c24-19(25)22(15-16-7-3-1-4-8-16)14-12-20-18-11-13-23(21-18)17-9-5-2-6-10-17/h1-11,13H,12,14-15H2,(H,20,21)(H,24,25). The molecule has 0 spiro atoms. The van der Waals surface area contributed by atoms with E-state index >= 15 is 0 Å². The fourth-order valence-electron chi connectivity index (χ4n) is 2.51. The van der Waals surface area contributed by atoms with Crippen LogP contribution in [0.25, 0.3) is 5.69 Å². The van der Waals surface area contributed by atoms with Gasteiger partial charge in [0.25, 0.3) is 0 Å². The van der Waals surface area contributed by atoms with E-state index in [1.807, 2.05) is 72.9 Å². The summed E-state index contributed by atoms with van der Waals surface area (Å²) in [7, 11) is 0. The molecule has 0 aliphatic carbocycles. The third-order valence-electron chi connectivity index (χ3n) is 3.78. The zero-order valence-electron chi connectivity index (χ0n) is 13.7. The highest BCUT2D eigenvalue weighted by atomic mass is 16.4. The summed E-state index contributed by atoms with van der Waals surface area (Å²) >= 11 is 0. The molecule has 0 aliphatic rings. The summed E-state index contributed by atoms with van der Waals surface area (Å²) in [5.74, 6) is 0.717. The molecule has 1 aromatic heterocycles. The lowest BCUT2D eigenvalue weighted by Crippen LogP contribution is -2.33. The molecule has 0 bridgehead atoms. The van der Waals surface area contributed by atoms with Gasteiger partial charge < -0.3 is 15.3 Å². The Morgan fingerprint density at radius 2 is 1.72 bits per heavy atom. The number of aromatic nitrogens is 2. The maximum absolute atomic E-state index is 11.4. The van der Waals surface area contributed by atoms with Crippen molar-refractivity contribution >= 4 is 11.9 Å². The van der Waals surface area contributed by atoms with Gasteiger partial charge in [0, 0.05) is 31.9 Å². The zero-order chi connectivity index (χ0) is 17.5. The molecule has 6 heteroatoms. The van der Waals surface area contributed by atoms with E-state index in [2.05, 4.69) is 10.4 Å². The van der Waals surface area contributed by atoms with Crippen molar-refractivity contribution in [2.24, 2.45) is 0 Å². The molecule has 128 valence electrons. The van der Waals surface area contributed by atoms with Gasteiger partial charge in [-0.1, -0.05) is 48.5 Å². The molecule has 0 unspecified atom stereocenters. The lowest BCUT2D eigenvalue weighted by Gasteiger charge is -2.19. The number of rotatable bonds is 7. The summed E-state index contributed by atoms with van der Waals surface area (Å²) in [6.45, 7) is 1.24. The van der Waals surface area contributed by atoms with Crippen molar-refractivity contribution in [2.45, 2.75) is 6.54 Å². The van der Waals surface area contributed by atoms with E-state index in [0.717, 1.165) is 11.3 Å². The van der Waals surface area contributed by atoms with Crippen molar-refractivity contribution in [3.05, 3.63) is 78.5 Å². The summed E-state index contributed by atoms with van der Waals surface area (Å²) < 4.78 is 1.78. The Labute approximate surface area is 146 Å². The number of para-hydroxylation sites is 1. The average molecular weight is 336 g/mol. The van der Waals surface area contributed by atoms with Crippen LogP contribution in [0.4, 0.5) is 10.6 Å². The molecule has 6 nitrogen and oxygen atoms in total. The molecule has 0 saturated heterocycles. The van der Waals surface area contributed by atoms with E-state index in [1.54, 1.807) is 4.68 Å². The van der Waals surface area contributed by atoms with E-state index in [9.17, 15) is 9.90 Å². The minimum Gasteiger partial charge on any atom is -0.465 e. The second-order valence-electron chi connectivity index (χ2n) is 5.60. The molecule has 3 rings (SSSR count). The minimum absolute atomic E-state index is 0.371. The number of nitrogens with zero attached hydrogens (tertiary/aromatic N) is 3. The van der Waals surface area contributed by atoms with Crippen LogP contribution in [0.5, 0.6) is 0 Å². The average Bonchev–Trinajstić information content (AvgIpc) is 3.11. The van der Waals surface area contributed by atoms with Crippen LogP contribution >= 0.6 is 0 Å². The number of carboxylic acid groups (broad SMARTS) is 1. The summed E-state index contributed by atoms with van der Waals surface area (Å²) in [4.78, 5) is 12.8. The molecule has 3 aromatic rings. The maximum Gasteiger partial charge on any atom is 0.407 e. The first-order valence-corrected chi connectivity index (χ1v) is 8.09. The SMILES string of the molecule is O=C(O)N(CCNc1ccn(-c2ccccc2)n1)Cc1ccccc1. The van der Waals surface area contributed by atoms with Crippen molar-refractivity contribution in [3.63, 3.8) is 0 Å². The first-order chi connectivity index (χ1) is 12.2. The van der Waals surface area contributed by atoms with Gasteiger partial charge in [0.05, 0.1) is 5.69 Å². The van der Waals surface area contributed by atoms with E-state index in [4.69, 9.17) is 0 Å². The Kier molecular flexibility index (Phi) is 5.31. The van der Waals surface area contributed by atoms with Crippen LogP contribution in [0, 0.1) is 0 Å². The van der Waals surface area contributed by atoms with Crippen molar-refractivity contribution in [1.82, 2.24) is 14.7 Å². The van der Waals surface area contributed by atoms with E-state index in [1.165, 1.54) is 4.90 Å². The monoisotopic (exact) mass is 336 g/mol. The summed E-state index contributed by atoms with van der Waals surface area (Å²) in [5, 5.41) is 17.0. The van der Waals surface area contributed by atoms with Gasteiger partial charge in [-0.05, 0) is 17.7 Å². The van der Waals surface area contributed by atoms with Crippen LogP contribution in [0.15, 0.2) is 72.9 Å². The van der Waals surface area contributed by atoms with Gasteiger partial charge in [-0.15, -0.1) is 0 Å². The highest BCUT2D eigenvalue weighted by Gasteiger charge is 2.12. The lowest BCUT2D eigenvalue weighted by molar-refractivity contribution is 0.144. The first kappa shape index (κ1) is 16.6. The minimum atomic E-state index is -0.930. The van der Waals surface area contributed by atoms with Gasteiger partial charge in [-0.2, -0.15) is 5.10 Å². The third kappa shape index (κ3) is 4.60. The maximum atomic E-state index is 11.4. The summed E-state index contributed by atoms with van der Waals surface area (Å²) in [6.07, 6.45) is 0.942. The molecule has 25 heavy (non-hydrogen) atoms. The van der Waals surface area contributed by atoms with Crippen molar-refractivity contribution < 1.29 is 9.90 Å². The Balaban J connectivity index is 1.54. The third-order valence-corrected chi connectivity index (χ3v) is 3.78. The Hall–Kier alpha value is -3.28. The molecular formula is C19H20N4O2. The quantitative estimate of drug-likeness (QED) is 0.693. The molecule has 1 heterocycles. The first-order valence-electron chi connectivity index (χ1n) is 8.09. The predicted octanol–water partition coefficient (Wildman–Crippen LogP) is 3.46. The predicted molar refractivity (Wildman–Crippen MR) is 96.9 cm³/mol. The van der Waals surface area contributed by atoms with Gasteiger partial charge in [0.2, 0.25) is 0 Å². The lowest BCUT2D eigenvalue weighted by atomic mass is 10.2. The van der Waals surface area contributed by atoms with Crippen molar-refractivity contribution in [2.75, 3.05) is 18.4 Å². The summed E-state index contributed by atoms with van der Waals surface area (Å²) in [6, 6.07) is 21.3. The summed E-state index contributed by atoms with van der Waals surface area (Å²) in [5.41, 5.74) is 1.95. The molecule has 2 N–H and O–H groups in total. The van der Waals surface area contributed by atoms with Crippen molar-refractivity contribution in [3.8, 4) is 5.69 Å². The van der Waals surface area contributed by atoms with Gasteiger partial charge >= 0.3 is 6.09 Å². The normalized spacial score (nSPS) is 10.4. The van der Waals surface area contributed by atoms with E-state index < -0.39 is 6.09 Å². The molecule has 0 aliphatic heterocycles. The Bertz CT molecular complexity index is 803. The van der Waals surface area contributed by atoms with Crippen LogP contribution in [0.1, 0.15) is 5.56 Å². The molecule has 1 amide bonds. The number of nitrogens with one attached hydrogen (secondary N) is 1. The van der Waals surface area contributed by atoms with Crippen LogP contribution in [-0.2, 0) is 6.54 Å². The number of hydrogen-bond donors (Lipinski definition) is 2. The molecule has 0 fully saturated rings. The molecular weight excluding hydrogens is 316 g/mol.